The summed E-state index contributed by atoms with van der Waals surface area (Å²) in [5.41, 5.74) is 7.12. The lowest BCUT2D eigenvalue weighted by molar-refractivity contribution is 0.112. The van der Waals surface area contributed by atoms with Crippen LogP contribution in [-0.2, 0) is 7.05 Å². The SMILES string of the molecule is Cc1cccc(-c2nn(C)cc2-c2ccnc(-c3ccc(C=O)cc3)c2)n1. The minimum Gasteiger partial charge on any atom is -0.298 e. The second-order valence-corrected chi connectivity index (χ2v) is 6.40. The summed E-state index contributed by atoms with van der Waals surface area (Å²) in [5.74, 6) is 0. The molecular formula is C22H18N4O. The molecule has 4 rings (SSSR count). The third-order valence-electron chi connectivity index (χ3n) is 4.37. The van der Waals surface area contributed by atoms with Gasteiger partial charge in [-0.15, -0.1) is 0 Å². The monoisotopic (exact) mass is 354 g/mol. The average molecular weight is 354 g/mol. The fourth-order valence-corrected chi connectivity index (χ4v) is 3.05. The maximum Gasteiger partial charge on any atom is 0.150 e. The molecule has 27 heavy (non-hydrogen) atoms. The van der Waals surface area contributed by atoms with Crippen molar-refractivity contribution < 1.29 is 4.79 Å². The van der Waals surface area contributed by atoms with Crippen LogP contribution in [0, 0.1) is 6.92 Å². The van der Waals surface area contributed by atoms with Gasteiger partial charge in [0.25, 0.3) is 0 Å². The van der Waals surface area contributed by atoms with E-state index in [9.17, 15) is 4.79 Å². The number of aryl methyl sites for hydroxylation is 2. The normalized spacial score (nSPS) is 10.7. The number of aromatic nitrogens is 4. The zero-order chi connectivity index (χ0) is 18.8. The number of pyridine rings is 2. The highest BCUT2D eigenvalue weighted by molar-refractivity contribution is 5.81. The van der Waals surface area contributed by atoms with Gasteiger partial charge in [0.15, 0.2) is 0 Å². The maximum absolute atomic E-state index is 10.9. The van der Waals surface area contributed by atoms with Gasteiger partial charge in [0, 0.05) is 41.8 Å². The van der Waals surface area contributed by atoms with Crippen LogP contribution < -0.4 is 0 Å². The van der Waals surface area contributed by atoms with Crippen molar-refractivity contribution in [2.45, 2.75) is 6.92 Å². The topological polar surface area (TPSA) is 60.7 Å². The van der Waals surface area contributed by atoms with E-state index in [1.165, 1.54) is 0 Å². The summed E-state index contributed by atoms with van der Waals surface area (Å²) in [6, 6.07) is 17.3. The van der Waals surface area contributed by atoms with Gasteiger partial charge in [-0.1, -0.05) is 30.3 Å². The van der Waals surface area contributed by atoms with Crippen molar-refractivity contribution in [2.75, 3.05) is 0 Å². The Balaban J connectivity index is 1.79. The smallest absolute Gasteiger partial charge is 0.150 e. The van der Waals surface area contributed by atoms with Crippen molar-refractivity contribution in [3.63, 3.8) is 0 Å². The Hall–Kier alpha value is -3.60. The van der Waals surface area contributed by atoms with Crippen LogP contribution in [0.3, 0.4) is 0 Å². The molecule has 0 aliphatic heterocycles. The first-order valence-corrected chi connectivity index (χ1v) is 8.64. The van der Waals surface area contributed by atoms with Gasteiger partial charge >= 0.3 is 0 Å². The molecule has 0 spiro atoms. The lowest BCUT2D eigenvalue weighted by Crippen LogP contribution is -1.91. The summed E-state index contributed by atoms with van der Waals surface area (Å²) >= 11 is 0. The second kappa shape index (κ2) is 6.96. The molecule has 4 aromatic rings. The molecule has 0 amide bonds. The van der Waals surface area contributed by atoms with Gasteiger partial charge in [-0.2, -0.15) is 5.10 Å². The number of hydrogen-bond acceptors (Lipinski definition) is 4. The van der Waals surface area contributed by atoms with Crippen LogP contribution >= 0.6 is 0 Å². The first-order chi connectivity index (χ1) is 13.1. The average Bonchev–Trinajstić information content (AvgIpc) is 3.10. The molecule has 0 N–H and O–H groups in total. The first-order valence-electron chi connectivity index (χ1n) is 8.64. The van der Waals surface area contributed by atoms with Crippen molar-refractivity contribution in [1.29, 1.82) is 0 Å². The zero-order valence-electron chi connectivity index (χ0n) is 15.1. The molecule has 5 nitrogen and oxygen atoms in total. The Morgan fingerprint density at radius 1 is 0.963 bits per heavy atom. The third-order valence-corrected chi connectivity index (χ3v) is 4.37. The summed E-state index contributed by atoms with van der Waals surface area (Å²) in [7, 11) is 1.91. The molecule has 1 aromatic carbocycles. The molecule has 0 aliphatic rings. The van der Waals surface area contributed by atoms with E-state index in [1.807, 2.05) is 62.6 Å². The van der Waals surface area contributed by atoms with E-state index in [1.54, 1.807) is 23.0 Å². The van der Waals surface area contributed by atoms with Gasteiger partial charge in [0.1, 0.15) is 12.0 Å². The molecule has 5 heteroatoms. The van der Waals surface area contributed by atoms with Gasteiger partial charge < -0.3 is 0 Å². The number of nitrogens with zero attached hydrogens (tertiary/aromatic N) is 4. The van der Waals surface area contributed by atoms with Crippen molar-refractivity contribution in [1.82, 2.24) is 19.7 Å². The zero-order valence-corrected chi connectivity index (χ0v) is 15.1. The molecule has 0 unspecified atom stereocenters. The summed E-state index contributed by atoms with van der Waals surface area (Å²) in [4.78, 5) is 20.0. The molecule has 0 aliphatic carbocycles. The Bertz CT molecular complexity index is 1110. The third kappa shape index (κ3) is 3.40. The molecular weight excluding hydrogens is 336 g/mol. The van der Waals surface area contributed by atoms with E-state index in [0.717, 1.165) is 45.8 Å². The van der Waals surface area contributed by atoms with Crippen molar-refractivity contribution >= 4 is 6.29 Å². The molecule has 3 heterocycles. The lowest BCUT2D eigenvalue weighted by atomic mass is 10.0. The highest BCUT2D eigenvalue weighted by Gasteiger charge is 2.14. The Labute approximate surface area is 157 Å². The van der Waals surface area contributed by atoms with E-state index < -0.39 is 0 Å². The highest BCUT2D eigenvalue weighted by Crippen LogP contribution is 2.31. The number of carbonyl (C=O) groups excluding carboxylic acids is 1. The molecule has 132 valence electrons. The Morgan fingerprint density at radius 2 is 1.78 bits per heavy atom. The van der Waals surface area contributed by atoms with Crippen LogP contribution in [0.2, 0.25) is 0 Å². The van der Waals surface area contributed by atoms with E-state index in [-0.39, 0.29) is 0 Å². The van der Waals surface area contributed by atoms with Crippen molar-refractivity contribution in [2.24, 2.45) is 7.05 Å². The van der Waals surface area contributed by atoms with Gasteiger partial charge in [0.05, 0.1) is 11.4 Å². The van der Waals surface area contributed by atoms with Gasteiger partial charge in [0.2, 0.25) is 0 Å². The molecule has 0 fully saturated rings. The maximum atomic E-state index is 10.9. The Morgan fingerprint density at radius 3 is 2.52 bits per heavy atom. The standard InChI is InChI=1S/C22H18N4O/c1-15-4-3-5-20(24-15)22-19(13-26(2)25-22)18-10-11-23-21(12-18)17-8-6-16(14-27)7-9-17/h3-14H,1-2H3. The summed E-state index contributed by atoms with van der Waals surface area (Å²) in [5, 5.41) is 4.62. The van der Waals surface area contributed by atoms with Gasteiger partial charge in [-0.05, 0) is 36.8 Å². The largest absolute Gasteiger partial charge is 0.298 e. The van der Waals surface area contributed by atoms with Crippen LogP contribution in [-0.4, -0.2) is 26.0 Å². The molecule has 0 bridgehead atoms. The number of rotatable bonds is 4. The molecule has 0 saturated heterocycles. The van der Waals surface area contributed by atoms with Crippen LogP contribution in [0.4, 0.5) is 0 Å². The van der Waals surface area contributed by atoms with Gasteiger partial charge in [-0.3, -0.25) is 19.4 Å². The molecule has 0 radical (unpaired) electrons. The van der Waals surface area contributed by atoms with E-state index in [2.05, 4.69) is 15.1 Å². The summed E-state index contributed by atoms with van der Waals surface area (Å²) in [6.07, 6.45) is 4.62. The molecule has 3 aromatic heterocycles. The van der Waals surface area contributed by atoms with Crippen LogP contribution in [0.15, 0.2) is 67.0 Å². The molecule has 0 saturated carbocycles. The minimum atomic E-state index is 0.648. The highest BCUT2D eigenvalue weighted by atomic mass is 16.1. The predicted octanol–water partition coefficient (Wildman–Crippen LogP) is 4.33. The Kier molecular flexibility index (Phi) is 4.34. The fraction of sp³-hybridized carbons (Fsp3) is 0.0909. The number of hydrogen-bond donors (Lipinski definition) is 0. The number of aldehydes is 1. The lowest BCUT2D eigenvalue weighted by Gasteiger charge is -2.06. The quantitative estimate of drug-likeness (QED) is 0.512. The molecule has 0 atom stereocenters. The van der Waals surface area contributed by atoms with Crippen molar-refractivity contribution in [3.8, 4) is 33.8 Å². The second-order valence-electron chi connectivity index (χ2n) is 6.40. The van der Waals surface area contributed by atoms with Crippen molar-refractivity contribution in [3.05, 3.63) is 78.2 Å². The van der Waals surface area contributed by atoms with Crippen LogP contribution in [0.25, 0.3) is 33.8 Å². The summed E-state index contributed by atoms with van der Waals surface area (Å²) < 4.78 is 1.80. The summed E-state index contributed by atoms with van der Waals surface area (Å²) in [6.45, 7) is 1.97. The number of carbonyl (C=O) groups is 1. The van der Waals surface area contributed by atoms with Crippen LogP contribution in [0.5, 0.6) is 0 Å². The van der Waals surface area contributed by atoms with E-state index in [0.29, 0.717) is 5.56 Å². The predicted molar refractivity (Wildman–Crippen MR) is 105 cm³/mol. The van der Waals surface area contributed by atoms with E-state index in [4.69, 9.17) is 0 Å². The fourth-order valence-electron chi connectivity index (χ4n) is 3.05. The van der Waals surface area contributed by atoms with Crippen LogP contribution in [0.1, 0.15) is 16.1 Å². The minimum absolute atomic E-state index is 0.648. The van der Waals surface area contributed by atoms with E-state index >= 15 is 0 Å². The van der Waals surface area contributed by atoms with Gasteiger partial charge in [-0.25, -0.2) is 0 Å². The number of benzene rings is 1. The first kappa shape index (κ1) is 16.8.